The Morgan fingerprint density at radius 1 is 1.08 bits per heavy atom. The molecule has 6 heteroatoms. The van der Waals surface area contributed by atoms with E-state index in [1.807, 2.05) is 36.4 Å². The van der Waals surface area contributed by atoms with Gasteiger partial charge in [0.05, 0.1) is 12.6 Å². The maximum absolute atomic E-state index is 13.5. The number of ether oxygens (including phenoxy) is 1. The van der Waals surface area contributed by atoms with E-state index in [-0.39, 0.29) is 5.82 Å². The summed E-state index contributed by atoms with van der Waals surface area (Å²) in [6.07, 6.45) is 1.70. The summed E-state index contributed by atoms with van der Waals surface area (Å²) in [5, 5.41) is 3.25. The molecule has 0 bridgehead atoms. The number of H-pyrrole nitrogens is 1. The SMILES string of the molecule is COc1ccc(Nc2nccc3[nH]c(-c4cccc(F)c4)nc23)cc1. The fraction of sp³-hybridized carbons (Fsp3) is 0.0526. The van der Waals surface area contributed by atoms with Gasteiger partial charge in [-0.3, -0.25) is 0 Å². The number of anilines is 2. The summed E-state index contributed by atoms with van der Waals surface area (Å²) < 4.78 is 18.6. The molecule has 2 heterocycles. The molecule has 2 aromatic heterocycles. The number of pyridine rings is 1. The molecule has 0 fully saturated rings. The van der Waals surface area contributed by atoms with E-state index in [0.29, 0.717) is 22.7 Å². The highest BCUT2D eigenvalue weighted by atomic mass is 19.1. The molecule has 0 spiro atoms. The van der Waals surface area contributed by atoms with Gasteiger partial charge in [0, 0.05) is 17.4 Å². The number of nitrogens with one attached hydrogen (secondary N) is 2. The van der Waals surface area contributed by atoms with Crippen LogP contribution < -0.4 is 10.1 Å². The number of halogens is 1. The van der Waals surface area contributed by atoms with Crippen molar-refractivity contribution >= 4 is 22.5 Å². The second-order valence-electron chi connectivity index (χ2n) is 5.50. The molecule has 0 amide bonds. The van der Waals surface area contributed by atoms with Gasteiger partial charge in [0.2, 0.25) is 0 Å². The number of imidazole rings is 1. The molecule has 2 aromatic carbocycles. The first kappa shape index (κ1) is 15.1. The molecule has 0 atom stereocenters. The minimum atomic E-state index is -0.298. The first-order valence-electron chi connectivity index (χ1n) is 7.75. The molecule has 5 nitrogen and oxygen atoms in total. The largest absolute Gasteiger partial charge is 0.497 e. The van der Waals surface area contributed by atoms with Crippen molar-refractivity contribution in [2.24, 2.45) is 0 Å². The quantitative estimate of drug-likeness (QED) is 0.576. The summed E-state index contributed by atoms with van der Waals surface area (Å²) in [7, 11) is 1.63. The standard InChI is InChI=1S/C19H15FN4O/c1-25-15-7-5-14(6-8-15)22-19-17-16(9-10-21-19)23-18(24-17)12-3-2-4-13(20)11-12/h2-11H,1H3,(H,21,22)(H,23,24). The average Bonchev–Trinajstić information content (AvgIpc) is 3.08. The molecule has 0 saturated heterocycles. The van der Waals surface area contributed by atoms with Gasteiger partial charge in [0.15, 0.2) is 5.82 Å². The number of rotatable bonds is 4. The van der Waals surface area contributed by atoms with Crippen molar-refractivity contribution in [3.8, 4) is 17.1 Å². The lowest BCUT2D eigenvalue weighted by atomic mass is 10.2. The van der Waals surface area contributed by atoms with Gasteiger partial charge in [0.1, 0.15) is 22.9 Å². The van der Waals surface area contributed by atoms with E-state index in [2.05, 4.69) is 20.3 Å². The number of methoxy groups -OCH3 is 1. The van der Waals surface area contributed by atoms with Gasteiger partial charge >= 0.3 is 0 Å². The highest BCUT2D eigenvalue weighted by Gasteiger charge is 2.11. The Hall–Kier alpha value is -3.41. The lowest BCUT2D eigenvalue weighted by molar-refractivity contribution is 0.415. The number of fused-ring (bicyclic) bond motifs is 1. The van der Waals surface area contributed by atoms with Gasteiger partial charge in [-0.25, -0.2) is 14.4 Å². The van der Waals surface area contributed by atoms with Crippen LogP contribution in [0.25, 0.3) is 22.4 Å². The number of hydrogen-bond acceptors (Lipinski definition) is 4. The molecule has 4 aromatic rings. The Balaban J connectivity index is 1.72. The van der Waals surface area contributed by atoms with Crippen LogP contribution >= 0.6 is 0 Å². The second kappa shape index (κ2) is 6.24. The number of hydrogen-bond donors (Lipinski definition) is 2. The Kier molecular flexibility index (Phi) is 3.78. The molecule has 124 valence electrons. The summed E-state index contributed by atoms with van der Waals surface area (Å²) in [6, 6.07) is 15.7. The van der Waals surface area contributed by atoms with Crippen LogP contribution in [0.5, 0.6) is 5.75 Å². The summed E-state index contributed by atoms with van der Waals surface area (Å²) >= 11 is 0. The molecule has 0 saturated carbocycles. The molecule has 0 unspecified atom stereocenters. The predicted molar refractivity (Wildman–Crippen MR) is 95.6 cm³/mol. The predicted octanol–water partition coefficient (Wildman–Crippen LogP) is 4.52. The van der Waals surface area contributed by atoms with Crippen LogP contribution in [0, 0.1) is 5.82 Å². The summed E-state index contributed by atoms with van der Waals surface area (Å²) in [4.78, 5) is 12.2. The fourth-order valence-electron chi connectivity index (χ4n) is 2.61. The minimum Gasteiger partial charge on any atom is -0.497 e. The highest BCUT2D eigenvalue weighted by molar-refractivity contribution is 5.89. The van der Waals surface area contributed by atoms with Crippen LogP contribution in [0.15, 0.2) is 60.8 Å². The Bertz CT molecular complexity index is 1030. The van der Waals surface area contributed by atoms with Crippen molar-refractivity contribution in [2.75, 3.05) is 12.4 Å². The van der Waals surface area contributed by atoms with Crippen LogP contribution in [0.2, 0.25) is 0 Å². The van der Waals surface area contributed by atoms with E-state index in [9.17, 15) is 4.39 Å². The Morgan fingerprint density at radius 3 is 2.68 bits per heavy atom. The van der Waals surface area contributed by atoms with Crippen LogP contribution in [-0.4, -0.2) is 22.1 Å². The van der Waals surface area contributed by atoms with E-state index in [4.69, 9.17) is 4.74 Å². The van der Waals surface area contributed by atoms with Crippen molar-refractivity contribution in [3.05, 3.63) is 66.6 Å². The molecular formula is C19H15FN4O. The van der Waals surface area contributed by atoms with Crippen LogP contribution in [-0.2, 0) is 0 Å². The van der Waals surface area contributed by atoms with Crippen LogP contribution in [0.4, 0.5) is 15.9 Å². The third-order valence-electron chi connectivity index (χ3n) is 3.85. The normalized spacial score (nSPS) is 10.8. The third kappa shape index (κ3) is 3.01. The van der Waals surface area contributed by atoms with Gasteiger partial charge < -0.3 is 15.0 Å². The van der Waals surface area contributed by atoms with Crippen molar-refractivity contribution in [1.82, 2.24) is 15.0 Å². The molecule has 25 heavy (non-hydrogen) atoms. The molecule has 0 radical (unpaired) electrons. The molecule has 2 N–H and O–H groups in total. The van der Waals surface area contributed by atoms with E-state index >= 15 is 0 Å². The zero-order chi connectivity index (χ0) is 17.2. The summed E-state index contributed by atoms with van der Waals surface area (Å²) in [5.41, 5.74) is 3.07. The number of nitrogens with zero attached hydrogens (tertiary/aromatic N) is 2. The molecular weight excluding hydrogens is 319 g/mol. The van der Waals surface area contributed by atoms with Gasteiger partial charge in [0.25, 0.3) is 0 Å². The second-order valence-corrected chi connectivity index (χ2v) is 5.50. The van der Waals surface area contributed by atoms with Crippen LogP contribution in [0.3, 0.4) is 0 Å². The first-order chi connectivity index (χ1) is 12.2. The summed E-state index contributed by atoms with van der Waals surface area (Å²) in [6.45, 7) is 0. The topological polar surface area (TPSA) is 62.8 Å². The van der Waals surface area contributed by atoms with Crippen molar-refractivity contribution in [1.29, 1.82) is 0 Å². The number of benzene rings is 2. The summed E-state index contributed by atoms with van der Waals surface area (Å²) in [5.74, 6) is 1.71. The van der Waals surface area contributed by atoms with E-state index in [1.165, 1.54) is 12.1 Å². The smallest absolute Gasteiger partial charge is 0.158 e. The van der Waals surface area contributed by atoms with E-state index in [1.54, 1.807) is 19.4 Å². The van der Waals surface area contributed by atoms with E-state index in [0.717, 1.165) is 17.0 Å². The van der Waals surface area contributed by atoms with Gasteiger partial charge in [-0.1, -0.05) is 12.1 Å². The van der Waals surface area contributed by atoms with Crippen LogP contribution in [0.1, 0.15) is 0 Å². The maximum atomic E-state index is 13.5. The molecule has 0 aliphatic rings. The number of aromatic amines is 1. The molecule has 4 rings (SSSR count). The maximum Gasteiger partial charge on any atom is 0.158 e. The minimum absolute atomic E-state index is 0.298. The van der Waals surface area contributed by atoms with Gasteiger partial charge in [-0.05, 0) is 42.5 Å². The van der Waals surface area contributed by atoms with Gasteiger partial charge in [-0.15, -0.1) is 0 Å². The Morgan fingerprint density at radius 2 is 1.92 bits per heavy atom. The van der Waals surface area contributed by atoms with Crippen molar-refractivity contribution < 1.29 is 9.13 Å². The lowest BCUT2D eigenvalue weighted by Gasteiger charge is -2.06. The van der Waals surface area contributed by atoms with Crippen molar-refractivity contribution in [3.63, 3.8) is 0 Å². The van der Waals surface area contributed by atoms with Crippen molar-refractivity contribution in [2.45, 2.75) is 0 Å². The van der Waals surface area contributed by atoms with Gasteiger partial charge in [-0.2, -0.15) is 0 Å². The van der Waals surface area contributed by atoms with E-state index < -0.39 is 0 Å². The number of aromatic nitrogens is 3. The molecule has 0 aliphatic carbocycles. The zero-order valence-corrected chi connectivity index (χ0v) is 13.5. The highest BCUT2D eigenvalue weighted by Crippen LogP contribution is 2.27. The Labute approximate surface area is 143 Å². The lowest BCUT2D eigenvalue weighted by Crippen LogP contribution is -1.94. The third-order valence-corrected chi connectivity index (χ3v) is 3.85. The molecule has 0 aliphatic heterocycles. The zero-order valence-electron chi connectivity index (χ0n) is 13.5. The first-order valence-corrected chi connectivity index (χ1v) is 7.75. The monoisotopic (exact) mass is 334 g/mol. The fourth-order valence-corrected chi connectivity index (χ4v) is 2.61. The average molecular weight is 334 g/mol.